The first kappa shape index (κ1) is 19.0. The van der Waals surface area contributed by atoms with Gasteiger partial charge in [-0.25, -0.2) is 4.98 Å². The third kappa shape index (κ3) is 4.41. The van der Waals surface area contributed by atoms with E-state index in [4.69, 9.17) is 4.98 Å². The van der Waals surface area contributed by atoms with Gasteiger partial charge in [-0.15, -0.1) is 11.3 Å². The lowest BCUT2D eigenvalue weighted by molar-refractivity contribution is -0.114. The molecule has 4 nitrogen and oxygen atoms in total. The van der Waals surface area contributed by atoms with Crippen LogP contribution in [0.15, 0.2) is 66.7 Å². The highest BCUT2D eigenvalue weighted by atomic mass is 32.1. The van der Waals surface area contributed by atoms with Gasteiger partial charge in [-0.1, -0.05) is 30.3 Å². The predicted octanol–water partition coefficient (Wildman–Crippen LogP) is 5.66. The van der Waals surface area contributed by atoms with Gasteiger partial charge in [0.1, 0.15) is 5.01 Å². The molecule has 0 spiro atoms. The number of carbonyl (C=O) groups excluding carboxylic acids is 2. The number of nitrogens with one attached hydrogen (secondary N) is 1. The zero-order valence-electron chi connectivity index (χ0n) is 16.2. The quantitative estimate of drug-likeness (QED) is 0.440. The van der Waals surface area contributed by atoms with Gasteiger partial charge in [0.15, 0.2) is 5.78 Å². The van der Waals surface area contributed by atoms with E-state index in [0.717, 1.165) is 21.7 Å². The first-order valence-corrected chi connectivity index (χ1v) is 10.2. The van der Waals surface area contributed by atoms with Crippen LogP contribution in [0.4, 0.5) is 5.69 Å². The molecule has 1 aromatic heterocycles. The molecule has 0 aliphatic carbocycles. The minimum Gasteiger partial charge on any atom is -0.326 e. The lowest BCUT2D eigenvalue weighted by Crippen LogP contribution is -2.07. The molecule has 144 valence electrons. The fraction of sp³-hybridized carbons (Fsp3) is 0.125. The van der Waals surface area contributed by atoms with Crippen LogP contribution < -0.4 is 5.32 Å². The number of aryl methyl sites for hydroxylation is 1. The lowest BCUT2D eigenvalue weighted by atomic mass is 10.0. The van der Waals surface area contributed by atoms with Crippen LogP contribution in [-0.4, -0.2) is 16.7 Å². The van der Waals surface area contributed by atoms with Crippen molar-refractivity contribution in [2.75, 3.05) is 5.32 Å². The summed E-state index contributed by atoms with van der Waals surface area (Å²) in [5, 5.41) is 3.68. The fourth-order valence-corrected chi connectivity index (χ4v) is 4.22. The SMILES string of the molecule is CC(=O)Nc1ccc(C(=O)Cc2ccc(-c3nc4ccc(C)cc4s3)cc2)cc1. The maximum atomic E-state index is 12.6. The normalized spacial score (nSPS) is 10.8. The van der Waals surface area contributed by atoms with Crippen molar-refractivity contribution in [3.63, 3.8) is 0 Å². The van der Waals surface area contributed by atoms with Gasteiger partial charge in [0.2, 0.25) is 5.91 Å². The summed E-state index contributed by atoms with van der Waals surface area (Å²) in [6.07, 6.45) is 0.332. The second kappa shape index (κ2) is 7.97. The summed E-state index contributed by atoms with van der Waals surface area (Å²) in [5.74, 6) is -0.0879. The Labute approximate surface area is 173 Å². The van der Waals surface area contributed by atoms with Crippen LogP contribution in [0.5, 0.6) is 0 Å². The van der Waals surface area contributed by atoms with Gasteiger partial charge in [0.25, 0.3) is 0 Å². The Hall–Kier alpha value is -3.31. The van der Waals surface area contributed by atoms with Crippen molar-refractivity contribution in [2.45, 2.75) is 20.3 Å². The zero-order valence-corrected chi connectivity index (χ0v) is 17.0. The van der Waals surface area contributed by atoms with Crippen LogP contribution in [0, 0.1) is 6.92 Å². The molecule has 0 radical (unpaired) electrons. The van der Waals surface area contributed by atoms with E-state index in [1.807, 2.05) is 24.3 Å². The van der Waals surface area contributed by atoms with E-state index in [-0.39, 0.29) is 11.7 Å². The fourth-order valence-electron chi connectivity index (χ4n) is 3.15. The number of hydrogen-bond acceptors (Lipinski definition) is 4. The highest BCUT2D eigenvalue weighted by Gasteiger charge is 2.10. The van der Waals surface area contributed by atoms with Crippen molar-refractivity contribution in [1.29, 1.82) is 0 Å². The lowest BCUT2D eigenvalue weighted by Gasteiger charge is -2.05. The molecule has 4 rings (SSSR count). The van der Waals surface area contributed by atoms with E-state index in [1.54, 1.807) is 35.6 Å². The molecule has 1 amide bonds. The Bertz CT molecular complexity index is 1190. The van der Waals surface area contributed by atoms with Gasteiger partial charge >= 0.3 is 0 Å². The van der Waals surface area contributed by atoms with Crippen molar-refractivity contribution < 1.29 is 9.59 Å². The van der Waals surface area contributed by atoms with E-state index in [0.29, 0.717) is 17.7 Å². The molecule has 0 atom stereocenters. The number of benzene rings is 3. The summed E-state index contributed by atoms with van der Waals surface area (Å²) in [4.78, 5) is 28.4. The molecule has 29 heavy (non-hydrogen) atoms. The number of aromatic nitrogens is 1. The molecule has 0 unspecified atom stereocenters. The molecular formula is C24H20N2O2S. The van der Waals surface area contributed by atoms with Crippen LogP contribution in [0.25, 0.3) is 20.8 Å². The second-order valence-corrected chi connectivity index (χ2v) is 8.08. The van der Waals surface area contributed by atoms with E-state index < -0.39 is 0 Å². The van der Waals surface area contributed by atoms with E-state index in [9.17, 15) is 9.59 Å². The van der Waals surface area contributed by atoms with E-state index in [2.05, 4.69) is 30.4 Å². The van der Waals surface area contributed by atoms with Gasteiger partial charge in [-0.05, 0) is 54.4 Å². The van der Waals surface area contributed by atoms with Crippen molar-refractivity contribution >= 4 is 38.9 Å². The number of amides is 1. The predicted molar refractivity (Wildman–Crippen MR) is 119 cm³/mol. The monoisotopic (exact) mass is 400 g/mol. The highest BCUT2D eigenvalue weighted by Crippen LogP contribution is 2.31. The second-order valence-electron chi connectivity index (χ2n) is 7.05. The molecule has 4 aromatic rings. The summed E-state index contributed by atoms with van der Waals surface area (Å²) >= 11 is 1.68. The van der Waals surface area contributed by atoms with E-state index >= 15 is 0 Å². The zero-order chi connectivity index (χ0) is 20.4. The summed E-state index contributed by atoms with van der Waals surface area (Å²) in [5.41, 5.74) is 5.57. The third-order valence-electron chi connectivity index (χ3n) is 4.64. The van der Waals surface area contributed by atoms with Crippen molar-refractivity contribution in [2.24, 2.45) is 0 Å². The molecule has 0 saturated heterocycles. The van der Waals surface area contributed by atoms with Gasteiger partial charge in [-0.3, -0.25) is 9.59 Å². The minimum atomic E-state index is -0.132. The number of Topliss-reactive ketones (excluding diaryl/α,β-unsaturated/α-hetero) is 1. The average Bonchev–Trinajstić information content (AvgIpc) is 3.11. The summed E-state index contributed by atoms with van der Waals surface area (Å²) in [6, 6.07) is 21.3. The van der Waals surface area contributed by atoms with Gasteiger partial charge < -0.3 is 5.32 Å². The number of carbonyl (C=O) groups is 2. The molecule has 0 bridgehead atoms. The molecule has 0 saturated carbocycles. The number of hydrogen-bond donors (Lipinski definition) is 1. The minimum absolute atomic E-state index is 0.0441. The third-order valence-corrected chi connectivity index (χ3v) is 5.70. The first-order chi connectivity index (χ1) is 14.0. The number of ketones is 1. The largest absolute Gasteiger partial charge is 0.326 e. The smallest absolute Gasteiger partial charge is 0.221 e. The van der Waals surface area contributed by atoms with Crippen molar-refractivity contribution in [3.8, 4) is 10.6 Å². The molecule has 5 heteroatoms. The Morgan fingerprint density at radius 2 is 1.69 bits per heavy atom. The summed E-state index contributed by atoms with van der Waals surface area (Å²) in [7, 11) is 0. The Morgan fingerprint density at radius 1 is 0.966 bits per heavy atom. The topological polar surface area (TPSA) is 59.1 Å². The maximum Gasteiger partial charge on any atom is 0.221 e. The molecule has 0 fully saturated rings. The molecule has 1 N–H and O–H groups in total. The summed E-state index contributed by atoms with van der Waals surface area (Å²) in [6.45, 7) is 3.54. The number of rotatable bonds is 5. The van der Waals surface area contributed by atoms with E-state index in [1.165, 1.54) is 17.2 Å². The summed E-state index contributed by atoms with van der Waals surface area (Å²) < 4.78 is 1.18. The number of thiazole rings is 1. The average molecular weight is 401 g/mol. The molecule has 3 aromatic carbocycles. The Balaban J connectivity index is 1.47. The van der Waals surface area contributed by atoms with Gasteiger partial charge in [-0.2, -0.15) is 0 Å². The Kier molecular flexibility index (Phi) is 5.23. The number of anilines is 1. The molecular weight excluding hydrogens is 380 g/mol. The highest BCUT2D eigenvalue weighted by molar-refractivity contribution is 7.21. The number of nitrogens with zero attached hydrogens (tertiary/aromatic N) is 1. The van der Waals surface area contributed by atoms with Crippen LogP contribution in [0.3, 0.4) is 0 Å². The molecule has 0 aliphatic heterocycles. The standard InChI is InChI=1S/C24H20N2O2S/c1-15-3-12-21-23(13-15)29-24(26-21)19-6-4-17(5-7-19)14-22(28)18-8-10-20(11-9-18)25-16(2)27/h3-13H,14H2,1-2H3,(H,25,27). The van der Waals surface area contributed by atoms with Crippen LogP contribution in [0.2, 0.25) is 0 Å². The van der Waals surface area contributed by atoms with Crippen LogP contribution in [0.1, 0.15) is 28.4 Å². The van der Waals surface area contributed by atoms with Crippen LogP contribution in [-0.2, 0) is 11.2 Å². The Morgan fingerprint density at radius 3 is 2.38 bits per heavy atom. The first-order valence-electron chi connectivity index (χ1n) is 9.35. The van der Waals surface area contributed by atoms with Crippen molar-refractivity contribution in [3.05, 3.63) is 83.4 Å². The maximum absolute atomic E-state index is 12.6. The molecule has 0 aliphatic rings. The molecule has 1 heterocycles. The van der Waals surface area contributed by atoms with Gasteiger partial charge in [0, 0.05) is 30.2 Å². The van der Waals surface area contributed by atoms with Crippen molar-refractivity contribution in [1.82, 2.24) is 4.98 Å². The van der Waals surface area contributed by atoms with Gasteiger partial charge in [0.05, 0.1) is 10.2 Å². The van der Waals surface area contributed by atoms with Crippen LogP contribution >= 0.6 is 11.3 Å². The number of fused-ring (bicyclic) bond motifs is 1.